The summed E-state index contributed by atoms with van der Waals surface area (Å²) >= 11 is 0. The normalized spacial score (nSPS) is 15.2. The predicted molar refractivity (Wildman–Crippen MR) is 84.6 cm³/mol. The van der Waals surface area contributed by atoms with Crippen molar-refractivity contribution in [3.05, 3.63) is 23.8 Å². The van der Waals surface area contributed by atoms with Gasteiger partial charge in [0.1, 0.15) is 11.5 Å². The van der Waals surface area contributed by atoms with Gasteiger partial charge in [0, 0.05) is 24.7 Å². The van der Waals surface area contributed by atoms with Gasteiger partial charge in [0.25, 0.3) is 0 Å². The summed E-state index contributed by atoms with van der Waals surface area (Å²) in [5, 5.41) is 0. The Bertz CT molecular complexity index is 564. The molecule has 1 aromatic carbocycles. The van der Waals surface area contributed by atoms with E-state index in [9.17, 15) is 9.59 Å². The van der Waals surface area contributed by atoms with Crippen molar-refractivity contribution < 1.29 is 23.8 Å². The minimum atomic E-state index is -0.186. The number of nitrogens with zero attached hydrogens (tertiary/aromatic N) is 1. The maximum atomic E-state index is 12.5. The lowest BCUT2D eigenvalue weighted by molar-refractivity contribution is -0.148. The number of ether oxygens (including phenoxy) is 3. The molecular weight excluding hydrogens is 298 g/mol. The second-order valence-corrected chi connectivity index (χ2v) is 5.53. The van der Waals surface area contributed by atoms with Crippen LogP contribution in [0.1, 0.15) is 18.4 Å². The molecule has 1 aliphatic heterocycles. The van der Waals surface area contributed by atoms with Crippen LogP contribution in [0, 0.1) is 5.92 Å². The molecule has 0 bridgehead atoms. The van der Waals surface area contributed by atoms with Gasteiger partial charge in [-0.2, -0.15) is 0 Å². The van der Waals surface area contributed by atoms with Crippen molar-refractivity contribution in [2.24, 2.45) is 5.92 Å². The number of esters is 1. The lowest BCUT2D eigenvalue weighted by Gasteiger charge is -2.31. The number of carbonyl (C=O) groups excluding carboxylic acids is 2. The largest absolute Gasteiger partial charge is 0.497 e. The summed E-state index contributed by atoms with van der Waals surface area (Å²) in [5.41, 5.74) is 0.827. The number of likely N-dealkylation sites (tertiary alicyclic amines) is 1. The van der Waals surface area contributed by atoms with E-state index in [2.05, 4.69) is 0 Å². The number of hydrogen-bond donors (Lipinski definition) is 0. The average Bonchev–Trinajstić information content (AvgIpc) is 2.61. The third-order valence-corrected chi connectivity index (χ3v) is 4.22. The number of amides is 1. The molecule has 0 unspecified atom stereocenters. The maximum absolute atomic E-state index is 12.5. The molecule has 6 nitrogen and oxygen atoms in total. The molecule has 1 amide bonds. The van der Waals surface area contributed by atoms with Gasteiger partial charge in [0.05, 0.1) is 33.7 Å². The van der Waals surface area contributed by atoms with Crippen molar-refractivity contribution in [3.8, 4) is 11.5 Å². The summed E-state index contributed by atoms with van der Waals surface area (Å²) < 4.78 is 15.2. The highest BCUT2D eigenvalue weighted by atomic mass is 16.5. The molecule has 1 fully saturated rings. The lowest BCUT2D eigenvalue weighted by atomic mass is 9.96. The van der Waals surface area contributed by atoms with Gasteiger partial charge < -0.3 is 19.1 Å². The maximum Gasteiger partial charge on any atom is 0.308 e. The molecule has 0 saturated carbocycles. The van der Waals surface area contributed by atoms with Gasteiger partial charge in [-0.1, -0.05) is 6.07 Å². The van der Waals surface area contributed by atoms with Gasteiger partial charge in [-0.05, 0) is 18.9 Å². The molecule has 1 heterocycles. The summed E-state index contributed by atoms with van der Waals surface area (Å²) in [6, 6.07) is 5.43. The van der Waals surface area contributed by atoms with E-state index in [0.717, 1.165) is 5.56 Å². The highest BCUT2D eigenvalue weighted by Gasteiger charge is 2.28. The van der Waals surface area contributed by atoms with Gasteiger partial charge in [-0.25, -0.2) is 0 Å². The summed E-state index contributed by atoms with van der Waals surface area (Å²) in [6.45, 7) is 1.16. The van der Waals surface area contributed by atoms with E-state index in [4.69, 9.17) is 14.2 Å². The molecule has 0 atom stereocenters. The van der Waals surface area contributed by atoms with Crippen LogP contribution in [0.25, 0.3) is 0 Å². The van der Waals surface area contributed by atoms with E-state index in [-0.39, 0.29) is 24.2 Å². The molecule has 0 N–H and O–H groups in total. The van der Waals surface area contributed by atoms with Gasteiger partial charge in [-0.3, -0.25) is 9.59 Å². The van der Waals surface area contributed by atoms with E-state index < -0.39 is 0 Å². The first-order valence-electron chi connectivity index (χ1n) is 7.65. The Balaban J connectivity index is 1.96. The average molecular weight is 321 g/mol. The fraction of sp³-hybridized carbons (Fsp3) is 0.529. The molecule has 0 spiro atoms. The van der Waals surface area contributed by atoms with E-state index in [0.29, 0.717) is 37.4 Å². The summed E-state index contributed by atoms with van der Waals surface area (Å²) in [5.74, 6) is 1.09. The Kier molecular flexibility index (Phi) is 5.84. The monoisotopic (exact) mass is 321 g/mol. The fourth-order valence-corrected chi connectivity index (χ4v) is 2.80. The first-order chi connectivity index (χ1) is 11.1. The quantitative estimate of drug-likeness (QED) is 0.772. The number of hydrogen-bond acceptors (Lipinski definition) is 5. The fourth-order valence-electron chi connectivity index (χ4n) is 2.80. The molecular formula is C17H23NO5. The standard InChI is InChI=1S/C17H23NO5/c1-21-14-5-4-13(15(11-14)22-2)10-16(19)18-8-6-12(7-9-18)17(20)23-3/h4-5,11-12H,6-10H2,1-3H3. The molecule has 0 aliphatic carbocycles. The van der Waals surface area contributed by atoms with E-state index >= 15 is 0 Å². The minimum absolute atomic E-state index is 0.0387. The third kappa shape index (κ3) is 4.15. The predicted octanol–water partition coefficient (Wildman–Crippen LogP) is 1.66. The zero-order valence-electron chi connectivity index (χ0n) is 13.8. The minimum Gasteiger partial charge on any atom is -0.497 e. The molecule has 1 aliphatic rings. The smallest absolute Gasteiger partial charge is 0.308 e. The Morgan fingerprint density at radius 2 is 1.83 bits per heavy atom. The van der Waals surface area contributed by atoms with Crippen molar-refractivity contribution >= 4 is 11.9 Å². The van der Waals surface area contributed by atoms with Crippen LogP contribution in [0.2, 0.25) is 0 Å². The Morgan fingerprint density at radius 1 is 1.13 bits per heavy atom. The Hall–Kier alpha value is -2.24. The highest BCUT2D eigenvalue weighted by molar-refractivity contribution is 5.80. The Labute approximate surface area is 136 Å². The first-order valence-corrected chi connectivity index (χ1v) is 7.65. The van der Waals surface area contributed by atoms with Crippen molar-refractivity contribution in [1.29, 1.82) is 0 Å². The van der Waals surface area contributed by atoms with Crippen LogP contribution in [-0.2, 0) is 20.7 Å². The molecule has 6 heteroatoms. The van der Waals surface area contributed by atoms with Crippen LogP contribution in [0.15, 0.2) is 18.2 Å². The molecule has 1 aromatic rings. The lowest BCUT2D eigenvalue weighted by Crippen LogP contribution is -2.41. The topological polar surface area (TPSA) is 65.1 Å². The Morgan fingerprint density at radius 3 is 2.39 bits per heavy atom. The van der Waals surface area contributed by atoms with E-state index in [1.54, 1.807) is 25.2 Å². The number of piperidine rings is 1. The molecule has 126 valence electrons. The van der Waals surface area contributed by atoms with Gasteiger partial charge in [-0.15, -0.1) is 0 Å². The number of rotatable bonds is 5. The molecule has 0 aromatic heterocycles. The van der Waals surface area contributed by atoms with Gasteiger partial charge in [0.15, 0.2) is 0 Å². The number of methoxy groups -OCH3 is 3. The number of carbonyl (C=O) groups is 2. The van der Waals surface area contributed by atoms with Crippen LogP contribution in [0.3, 0.4) is 0 Å². The third-order valence-electron chi connectivity index (χ3n) is 4.22. The first kappa shape index (κ1) is 17.1. The molecule has 1 saturated heterocycles. The molecule has 23 heavy (non-hydrogen) atoms. The summed E-state index contributed by atoms with van der Waals surface area (Å²) in [7, 11) is 4.56. The van der Waals surface area contributed by atoms with Crippen LogP contribution in [0.5, 0.6) is 11.5 Å². The van der Waals surface area contributed by atoms with Crippen LogP contribution in [0.4, 0.5) is 0 Å². The molecule has 0 radical (unpaired) electrons. The van der Waals surface area contributed by atoms with Crippen LogP contribution < -0.4 is 9.47 Å². The highest BCUT2D eigenvalue weighted by Crippen LogP contribution is 2.26. The zero-order chi connectivity index (χ0) is 16.8. The van der Waals surface area contributed by atoms with E-state index in [1.807, 2.05) is 12.1 Å². The van der Waals surface area contributed by atoms with Crippen molar-refractivity contribution in [2.45, 2.75) is 19.3 Å². The molecule has 2 rings (SSSR count). The zero-order valence-corrected chi connectivity index (χ0v) is 13.8. The van der Waals surface area contributed by atoms with Gasteiger partial charge in [0.2, 0.25) is 5.91 Å². The van der Waals surface area contributed by atoms with Crippen molar-refractivity contribution in [2.75, 3.05) is 34.4 Å². The van der Waals surface area contributed by atoms with Crippen LogP contribution in [-0.4, -0.2) is 51.2 Å². The SMILES string of the molecule is COC(=O)C1CCN(C(=O)Cc2ccc(OC)cc2OC)CC1. The second kappa shape index (κ2) is 7.85. The second-order valence-electron chi connectivity index (χ2n) is 5.53. The van der Waals surface area contributed by atoms with Crippen LogP contribution >= 0.6 is 0 Å². The van der Waals surface area contributed by atoms with Gasteiger partial charge >= 0.3 is 5.97 Å². The van der Waals surface area contributed by atoms with E-state index in [1.165, 1.54) is 7.11 Å². The van der Waals surface area contributed by atoms with Crippen molar-refractivity contribution in [1.82, 2.24) is 4.90 Å². The van der Waals surface area contributed by atoms with Crippen molar-refractivity contribution in [3.63, 3.8) is 0 Å². The summed E-state index contributed by atoms with van der Waals surface area (Å²) in [6.07, 6.45) is 1.58. The number of benzene rings is 1. The summed E-state index contributed by atoms with van der Waals surface area (Å²) in [4.78, 5) is 25.8.